The molecule has 0 spiro atoms. The molecule has 0 fully saturated rings. The molecule has 2 N–H and O–H groups in total. The zero-order valence-corrected chi connectivity index (χ0v) is 8.60. The third kappa shape index (κ3) is 1.58. The highest BCUT2D eigenvalue weighted by Crippen LogP contribution is 2.13. The fourth-order valence-corrected chi connectivity index (χ4v) is 1.68. The number of primary amides is 1. The smallest absolute Gasteiger partial charge is 0.269 e. The van der Waals surface area contributed by atoms with Crippen molar-refractivity contribution < 1.29 is 4.79 Å². The SMILES string of the molecule is CCCc1nc(C(N)=O)c2ccccn12. The Labute approximate surface area is 87.7 Å². The number of nitrogens with two attached hydrogens (primary N) is 1. The minimum absolute atomic E-state index is 0.360. The highest BCUT2D eigenvalue weighted by Gasteiger charge is 2.13. The molecule has 4 nitrogen and oxygen atoms in total. The second-order valence-electron chi connectivity index (χ2n) is 3.45. The van der Waals surface area contributed by atoms with Gasteiger partial charge in [0.05, 0.1) is 5.52 Å². The summed E-state index contributed by atoms with van der Waals surface area (Å²) in [5.41, 5.74) is 6.42. The van der Waals surface area contributed by atoms with Crippen LogP contribution in [0.1, 0.15) is 29.7 Å². The van der Waals surface area contributed by atoms with Gasteiger partial charge in [0, 0.05) is 12.6 Å². The van der Waals surface area contributed by atoms with Crippen LogP contribution in [0.2, 0.25) is 0 Å². The molecule has 0 saturated heterocycles. The van der Waals surface area contributed by atoms with Crippen molar-refractivity contribution in [3.05, 3.63) is 35.9 Å². The highest BCUT2D eigenvalue weighted by molar-refractivity contribution is 5.97. The van der Waals surface area contributed by atoms with E-state index in [1.54, 1.807) is 0 Å². The van der Waals surface area contributed by atoms with Crippen molar-refractivity contribution >= 4 is 11.4 Å². The molecule has 0 atom stereocenters. The third-order valence-corrected chi connectivity index (χ3v) is 2.33. The van der Waals surface area contributed by atoms with E-state index >= 15 is 0 Å². The number of fused-ring (bicyclic) bond motifs is 1. The van der Waals surface area contributed by atoms with Crippen LogP contribution in [0.3, 0.4) is 0 Å². The number of aryl methyl sites for hydroxylation is 1. The lowest BCUT2D eigenvalue weighted by molar-refractivity contribution is 0.0997. The number of hydrogen-bond acceptors (Lipinski definition) is 2. The molecule has 0 radical (unpaired) electrons. The van der Waals surface area contributed by atoms with E-state index in [4.69, 9.17) is 5.73 Å². The molecule has 4 heteroatoms. The second-order valence-corrected chi connectivity index (χ2v) is 3.45. The van der Waals surface area contributed by atoms with Crippen LogP contribution in [-0.4, -0.2) is 15.3 Å². The van der Waals surface area contributed by atoms with Gasteiger partial charge in [-0.1, -0.05) is 13.0 Å². The highest BCUT2D eigenvalue weighted by atomic mass is 16.1. The number of pyridine rings is 1. The van der Waals surface area contributed by atoms with E-state index < -0.39 is 5.91 Å². The van der Waals surface area contributed by atoms with Gasteiger partial charge in [-0.3, -0.25) is 4.79 Å². The van der Waals surface area contributed by atoms with Crippen LogP contribution >= 0.6 is 0 Å². The summed E-state index contributed by atoms with van der Waals surface area (Å²) in [6.07, 6.45) is 3.74. The fraction of sp³-hybridized carbons (Fsp3) is 0.273. The molecule has 0 aliphatic carbocycles. The maximum absolute atomic E-state index is 11.2. The topological polar surface area (TPSA) is 60.4 Å². The van der Waals surface area contributed by atoms with Crippen molar-refractivity contribution in [1.82, 2.24) is 9.38 Å². The quantitative estimate of drug-likeness (QED) is 0.819. The molecular formula is C11H13N3O. The Morgan fingerprint density at radius 3 is 3.00 bits per heavy atom. The van der Waals surface area contributed by atoms with E-state index in [-0.39, 0.29) is 0 Å². The number of nitrogens with zero attached hydrogens (tertiary/aromatic N) is 2. The molecule has 0 bridgehead atoms. The number of rotatable bonds is 3. The minimum atomic E-state index is -0.471. The Morgan fingerprint density at radius 1 is 1.53 bits per heavy atom. The van der Waals surface area contributed by atoms with Crippen molar-refractivity contribution in [2.24, 2.45) is 5.73 Å². The summed E-state index contributed by atoms with van der Waals surface area (Å²) in [5.74, 6) is 0.419. The molecule has 2 heterocycles. The van der Waals surface area contributed by atoms with E-state index in [0.29, 0.717) is 5.69 Å². The predicted molar refractivity (Wildman–Crippen MR) is 57.7 cm³/mol. The maximum Gasteiger partial charge on any atom is 0.269 e. The van der Waals surface area contributed by atoms with Crippen molar-refractivity contribution in [3.63, 3.8) is 0 Å². The molecule has 0 aliphatic heterocycles. The third-order valence-electron chi connectivity index (χ3n) is 2.33. The Balaban J connectivity index is 2.67. The summed E-state index contributed by atoms with van der Waals surface area (Å²) in [4.78, 5) is 15.4. The van der Waals surface area contributed by atoms with Crippen LogP contribution in [0.5, 0.6) is 0 Å². The van der Waals surface area contributed by atoms with Gasteiger partial charge in [-0.25, -0.2) is 4.98 Å². The molecule has 2 aromatic heterocycles. The fourth-order valence-electron chi connectivity index (χ4n) is 1.68. The molecule has 0 aromatic carbocycles. The lowest BCUT2D eigenvalue weighted by atomic mass is 10.3. The number of carbonyl (C=O) groups excluding carboxylic acids is 1. The van der Waals surface area contributed by atoms with E-state index in [9.17, 15) is 4.79 Å². The molecule has 15 heavy (non-hydrogen) atoms. The van der Waals surface area contributed by atoms with Crippen LogP contribution in [0, 0.1) is 0 Å². The van der Waals surface area contributed by atoms with Crippen LogP contribution < -0.4 is 5.73 Å². The average molecular weight is 203 g/mol. The largest absolute Gasteiger partial charge is 0.364 e. The van der Waals surface area contributed by atoms with Gasteiger partial charge in [0.25, 0.3) is 5.91 Å². The molecule has 2 aromatic rings. The number of hydrogen-bond donors (Lipinski definition) is 1. The van der Waals surface area contributed by atoms with Crippen molar-refractivity contribution in [1.29, 1.82) is 0 Å². The standard InChI is InChI=1S/C11H13N3O/c1-2-5-9-13-10(11(12)15)8-6-3-4-7-14(8)9/h3-4,6-7H,2,5H2,1H3,(H2,12,15). The van der Waals surface area contributed by atoms with Crippen molar-refractivity contribution in [2.45, 2.75) is 19.8 Å². The van der Waals surface area contributed by atoms with Crippen molar-refractivity contribution in [2.75, 3.05) is 0 Å². The van der Waals surface area contributed by atoms with Gasteiger partial charge in [0.15, 0.2) is 5.69 Å². The Hall–Kier alpha value is -1.84. The summed E-state index contributed by atoms with van der Waals surface area (Å²) in [5, 5.41) is 0. The predicted octanol–water partition coefficient (Wildman–Crippen LogP) is 1.39. The number of carbonyl (C=O) groups is 1. The second kappa shape index (κ2) is 3.73. The first-order valence-corrected chi connectivity index (χ1v) is 4.99. The Bertz CT molecular complexity index is 502. The van der Waals surface area contributed by atoms with Gasteiger partial charge in [0.1, 0.15) is 5.82 Å². The minimum Gasteiger partial charge on any atom is -0.364 e. The summed E-state index contributed by atoms with van der Waals surface area (Å²) in [7, 11) is 0. The molecule has 1 amide bonds. The first-order valence-electron chi connectivity index (χ1n) is 4.99. The number of aromatic nitrogens is 2. The van der Waals surface area contributed by atoms with Gasteiger partial charge in [-0.05, 0) is 18.6 Å². The Morgan fingerprint density at radius 2 is 2.33 bits per heavy atom. The first kappa shape index (κ1) is 9.71. The molecule has 78 valence electrons. The van der Waals surface area contributed by atoms with Crippen molar-refractivity contribution in [3.8, 4) is 0 Å². The number of imidazole rings is 1. The van der Waals surface area contributed by atoms with E-state index in [1.165, 1.54) is 0 Å². The van der Waals surface area contributed by atoms with Gasteiger partial charge < -0.3 is 10.1 Å². The zero-order valence-electron chi connectivity index (χ0n) is 8.60. The summed E-state index contributed by atoms with van der Waals surface area (Å²) in [6, 6.07) is 5.64. The molecular weight excluding hydrogens is 190 g/mol. The maximum atomic E-state index is 11.2. The zero-order chi connectivity index (χ0) is 10.8. The van der Waals surface area contributed by atoms with Crippen LogP contribution in [-0.2, 0) is 6.42 Å². The Kier molecular flexibility index (Phi) is 2.41. The number of amides is 1. The summed E-state index contributed by atoms with van der Waals surface area (Å²) in [6.45, 7) is 2.08. The molecule has 0 unspecified atom stereocenters. The van der Waals surface area contributed by atoms with Crippen LogP contribution in [0.15, 0.2) is 24.4 Å². The van der Waals surface area contributed by atoms with Crippen LogP contribution in [0.25, 0.3) is 5.52 Å². The normalized spacial score (nSPS) is 10.7. The monoisotopic (exact) mass is 203 g/mol. The van der Waals surface area contributed by atoms with E-state index in [2.05, 4.69) is 11.9 Å². The average Bonchev–Trinajstić information content (AvgIpc) is 2.59. The van der Waals surface area contributed by atoms with Gasteiger partial charge >= 0.3 is 0 Å². The lowest BCUT2D eigenvalue weighted by Crippen LogP contribution is -2.11. The summed E-state index contributed by atoms with van der Waals surface area (Å²) >= 11 is 0. The van der Waals surface area contributed by atoms with Gasteiger partial charge in [-0.15, -0.1) is 0 Å². The van der Waals surface area contributed by atoms with E-state index in [1.807, 2.05) is 28.8 Å². The lowest BCUT2D eigenvalue weighted by Gasteiger charge is -1.97. The molecule has 0 aliphatic rings. The van der Waals surface area contributed by atoms with Crippen LogP contribution in [0.4, 0.5) is 0 Å². The molecule has 0 saturated carbocycles. The van der Waals surface area contributed by atoms with Gasteiger partial charge in [-0.2, -0.15) is 0 Å². The summed E-state index contributed by atoms with van der Waals surface area (Å²) < 4.78 is 1.92. The van der Waals surface area contributed by atoms with E-state index in [0.717, 1.165) is 24.2 Å². The van der Waals surface area contributed by atoms with Gasteiger partial charge in [0.2, 0.25) is 0 Å². The molecule has 2 rings (SSSR count). The first-order chi connectivity index (χ1) is 7.24.